The van der Waals surface area contributed by atoms with Crippen molar-refractivity contribution in [2.24, 2.45) is 0 Å². The van der Waals surface area contributed by atoms with Crippen LogP contribution in [0.4, 0.5) is 0 Å². The molecule has 0 saturated heterocycles. The zero-order valence-electron chi connectivity index (χ0n) is 18.2. The number of carbonyl (C=O) groups is 1. The molecule has 5 heteroatoms. The van der Waals surface area contributed by atoms with E-state index in [1.165, 1.54) is 0 Å². The predicted octanol–water partition coefficient (Wildman–Crippen LogP) is 6.06. The third-order valence-electron chi connectivity index (χ3n) is 6.10. The molecular weight excluding hydrogens is 410 g/mol. The highest BCUT2D eigenvalue weighted by molar-refractivity contribution is 6.07. The Bertz CT molecular complexity index is 1680. The van der Waals surface area contributed by atoms with E-state index in [4.69, 9.17) is 14.7 Å². The van der Waals surface area contributed by atoms with E-state index in [9.17, 15) is 4.79 Å². The van der Waals surface area contributed by atoms with Gasteiger partial charge in [0.1, 0.15) is 12.1 Å². The quantitative estimate of drug-likeness (QED) is 0.319. The van der Waals surface area contributed by atoms with Gasteiger partial charge in [-0.15, -0.1) is 0 Å². The molecule has 160 valence electrons. The van der Waals surface area contributed by atoms with Gasteiger partial charge in [-0.1, -0.05) is 60.7 Å². The SMILES string of the molecule is Cc1cccc2c3nc4ccccc4nc3n(CCOC(=O)c3ccc4ccccc4c3)c12. The average Bonchev–Trinajstić information content (AvgIpc) is 3.16. The minimum atomic E-state index is -0.324. The molecule has 0 atom stereocenters. The number of nitrogens with zero attached hydrogens (tertiary/aromatic N) is 3. The number of benzene rings is 4. The van der Waals surface area contributed by atoms with Crippen LogP contribution >= 0.6 is 0 Å². The van der Waals surface area contributed by atoms with Crippen LogP contribution in [-0.4, -0.2) is 27.1 Å². The van der Waals surface area contributed by atoms with E-state index in [-0.39, 0.29) is 12.6 Å². The van der Waals surface area contributed by atoms with Crippen LogP contribution < -0.4 is 0 Å². The molecule has 33 heavy (non-hydrogen) atoms. The number of hydrogen-bond acceptors (Lipinski definition) is 4. The number of ether oxygens (including phenoxy) is 1. The first-order chi connectivity index (χ1) is 16.2. The number of esters is 1. The van der Waals surface area contributed by atoms with Gasteiger partial charge in [0.25, 0.3) is 0 Å². The minimum Gasteiger partial charge on any atom is -0.460 e. The van der Waals surface area contributed by atoms with E-state index in [1.807, 2.05) is 72.8 Å². The number of aromatic nitrogens is 3. The lowest BCUT2D eigenvalue weighted by molar-refractivity contribution is 0.0493. The average molecular weight is 431 g/mol. The van der Waals surface area contributed by atoms with Gasteiger partial charge in [0, 0.05) is 5.39 Å². The highest BCUT2D eigenvalue weighted by Crippen LogP contribution is 2.30. The van der Waals surface area contributed by atoms with Gasteiger partial charge in [0.2, 0.25) is 0 Å². The van der Waals surface area contributed by atoms with Crippen molar-refractivity contribution in [3.8, 4) is 0 Å². The number of fused-ring (bicyclic) bond motifs is 5. The Morgan fingerprint density at radius 2 is 1.61 bits per heavy atom. The van der Waals surface area contributed by atoms with Gasteiger partial charge < -0.3 is 9.30 Å². The van der Waals surface area contributed by atoms with E-state index < -0.39 is 0 Å². The third-order valence-corrected chi connectivity index (χ3v) is 6.10. The second kappa shape index (κ2) is 7.71. The number of carbonyl (C=O) groups excluding carboxylic acids is 1. The molecule has 2 heterocycles. The number of para-hydroxylation sites is 3. The Balaban J connectivity index is 1.34. The van der Waals surface area contributed by atoms with Crippen molar-refractivity contribution >= 4 is 49.8 Å². The first kappa shape index (κ1) is 19.4. The van der Waals surface area contributed by atoms with Gasteiger partial charge in [0.05, 0.1) is 28.7 Å². The fraction of sp³-hybridized carbons (Fsp3) is 0.107. The first-order valence-corrected chi connectivity index (χ1v) is 11.0. The summed E-state index contributed by atoms with van der Waals surface area (Å²) in [6.07, 6.45) is 0. The van der Waals surface area contributed by atoms with E-state index >= 15 is 0 Å². The summed E-state index contributed by atoms with van der Waals surface area (Å²) in [6.45, 7) is 2.82. The van der Waals surface area contributed by atoms with Crippen molar-refractivity contribution in [3.05, 3.63) is 96.1 Å². The second-order valence-corrected chi connectivity index (χ2v) is 8.21. The molecule has 0 spiro atoms. The molecule has 6 rings (SSSR count). The van der Waals surface area contributed by atoms with E-state index in [1.54, 1.807) is 0 Å². The van der Waals surface area contributed by atoms with Gasteiger partial charge in [-0.3, -0.25) is 0 Å². The molecule has 5 nitrogen and oxygen atoms in total. The van der Waals surface area contributed by atoms with E-state index in [2.05, 4.69) is 23.6 Å². The van der Waals surface area contributed by atoms with Crippen LogP contribution in [0.5, 0.6) is 0 Å². The summed E-state index contributed by atoms with van der Waals surface area (Å²) in [7, 11) is 0. The normalized spacial score (nSPS) is 11.5. The highest BCUT2D eigenvalue weighted by atomic mass is 16.5. The fourth-order valence-corrected chi connectivity index (χ4v) is 4.52. The van der Waals surface area contributed by atoms with Crippen molar-refractivity contribution in [2.45, 2.75) is 13.5 Å². The molecule has 4 aromatic carbocycles. The summed E-state index contributed by atoms with van der Waals surface area (Å²) >= 11 is 0. The molecule has 6 aromatic rings. The van der Waals surface area contributed by atoms with Gasteiger partial charge in [0.15, 0.2) is 5.65 Å². The fourth-order valence-electron chi connectivity index (χ4n) is 4.52. The highest BCUT2D eigenvalue weighted by Gasteiger charge is 2.16. The zero-order valence-corrected chi connectivity index (χ0v) is 18.2. The molecule has 0 fully saturated rings. The van der Waals surface area contributed by atoms with Crippen LogP contribution in [0.2, 0.25) is 0 Å². The topological polar surface area (TPSA) is 57.0 Å². The Morgan fingerprint density at radius 3 is 2.45 bits per heavy atom. The van der Waals surface area contributed by atoms with Crippen molar-refractivity contribution in [1.82, 2.24) is 14.5 Å². The van der Waals surface area contributed by atoms with E-state index in [0.717, 1.165) is 49.4 Å². The van der Waals surface area contributed by atoms with Crippen LogP contribution in [0.25, 0.3) is 43.9 Å². The first-order valence-electron chi connectivity index (χ1n) is 11.0. The molecule has 0 radical (unpaired) electrons. The van der Waals surface area contributed by atoms with Gasteiger partial charge in [-0.25, -0.2) is 14.8 Å². The molecule has 0 amide bonds. The molecular formula is C28H21N3O2. The van der Waals surface area contributed by atoms with Crippen molar-refractivity contribution in [2.75, 3.05) is 6.61 Å². The summed E-state index contributed by atoms with van der Waals surface area (Å²) < 4.78 is 7.79. The Morgan fingerprint density at radius 1 is 0.848 bits per heavy atom. The third kappa shape index (κ3) is 3.29. The van der Waals surface area contributed by atoms with Crippen molar-refractivity contribution < 1.29 is 9.53 Å². The molecule has 0 aliphatic heterocycles. The second-order valence-electron chi connectivity index (χ2n) is 8.21. The maximum atomic E-state index is 12.7. The summed E-state index contributed by atoms with van der Waals surface area (Å²) in [5.74, 6) is -0.324. The molecule has 0 unspecified atom stereocenters. The lowest BCUT2D eigenvalue weighted by atomic mass is 10.1. The lowest BCUT2D eigenvalue weighted by Crippen LogP contribution is -2.12. The van der Waals surface area contributed by atoms with Crippen LogP contribution in [0.1, 0.15) is 15.9 Å². The van der Waals surface area contributed by atoms with Crippen molar-refractivity contribution in [1.29, 1.82) is 0 Å². The van der Waals surface area contributed by atoms with Crippen LogP contribution in [0, 0.1) is 6.92 Å². The standard InChI is InChI=1S/C28H21N3O2/c1-18-7-6-10-22-25-27(30-24-12-5-4-11-23(24)29-25)31(26(18)22)15-16-33-28(32)21-14-13-19-8-2-3-9-20(19)17-21/h2-14,17H,15-16H2,1H3. The molecule has 0 bridgehead atoms. The maximum absolute atomic E-state index is 12.7. The van der Waals surface area contributed by atoms with Gasteiger partial charge >= 0.3 is 5.97 Å². The Hall–Kier alpha value is -4.25. The maximum Gasteiger partial charge on any atom is 0.338 e. The molecule has 0 N–H and O–H groups in total. The van der Waals surface area contributed by atoms with E-state index in [0.29, 0.717) is 12.1 Å². The summed E-state index contributed by atoms with van der Waals surface area (Å²) in [4.78, 5) is 22.5. The summed E-state index contributed by atoms with van der Waals surface area (Å²) in [5, 5.41) is 3.18. The largest absolute Gasteiger partial charge is 0.460 e. The smallest absolute Gasteiger partial charge is 0.338 e. The Labute approximate surface area is 190 Å². The monoisotopic (exact) mass is 431 g/mol. The molecule has 0 saturated carbocycles. The number of rotatable bonds is 4. The van der Waals surface area contributed by atoms with Crippen LogP contribution in [0.15, 0.2) is 84.9 Å². The summed E-state index contributed by atoms with van der Waals surface area (Å²) in [5.41, 5.74) is 6.15. The zero-order chi connectivity index (χ0) is 22.4. The van der Waals surface area contributed by atoms with Crippen LogP contribution in [-0.2, 0) is 11.3 Å². The lowest BCUT2D eigenvalue weighted by Gasteiger charge is -2.10. The van der Waals surface area contributed by atoms with Crippen molar-refractivity contribution in [3.63, 3.8) is 0 Å². The van der Waals surface area contributed by atoms with Gasteiger partial charge in [-0.05, 0) is 47.5 Å². The van der Waals surface area contributed by atoms with Crippen LogP contribution in [0.3, 0.4) is 0 Å². The molecule has 2 aromatic heterocycles. The predicted molar refractivity (Wildman–Crippen MR) is 132 cm³/mol. The Kier molecular flexibility index (Phi) is 4.54. The number of aryl methyl sites for hydroxylation is 1. The minimum absolute atomic E-state index is 0.243. The molecule has 0 aliphatic carbocycles. The molecule has 0 aliphatic rings. The summed E-state index contributed by atoms with van der Waals surface area (Å²) in [6, 6.07) is 27.7. The van der Waals surface area contributed by atoms with Gasteiger partial charge in [-0.2, -0.15) is 0 Å². The number of hydrogen-bond donors (Lipinski definition) is 0.